The second-order valence-corrected chi connectivity index (χ2v) is 6.79. The number of ether oxygens (including phenoxy) is 2. The van der Waals surface area contributed by atoms with Crippen LogP contribution in [-0.2, 0) is 14.3 Å². The number of anilines is 1. The molecule has 1 aliphatic carbocycles. The Morgan fingerprint density at radius 2 is 2.29 bits per heavy atom. The third-order valence-corrected chi connectivity index (χ3v) is 5.45. The normalized spacial score (nSPS) is 24.2. The number of carbonyl (C=O) groups is 1. The van der Waals surface area contributed by atoms with E-state index < -0.39 is 0 Å². The highest BCUT2D eigenvalue weighted by Crippen LogP contribution is 2.42. The number of carbonyl (C=O) groups excluding carboxylic acids is 1. The van der Waals surface area contributed by atoms with Gasteiger partial charge in [0.15, 0.2) is 0 Å². The summed E-state index contributed by atoms with van der Waals surface area (Å²) in [5, 5.41) is 3.38. The van der Waals surface area contributed by atoms with Gasteiger partial charge in [-0.2, -0.15) is 0 Å². The average Bonchev–Trinajstić information content (AvgIpc) is 3.04. The zero-order valence-corrected chi connectivity index (χ0v) is 14.5. The quantitative estimate of drug-likeness (QED) is 0.769. The minimum Gasteiger partial charge on any atom is -0.468 e. The number of hydrogen-bond donors (Lipinski definition) is 1. The summed E-state index contributed by atoms with van der Waals surface area (Å²) in [6, 6.07) is 5.56. The zero-order valence-electron chi connectivity index (χ0n) is 14.5. The van der Waals surface area contributed by atoms with Crippen LogP contribution < -0.4 is 5.32 Å². The average molecular weight is 333 g/mol. The smallest absolute Gasteiger partial charge is 0.326 e. The van der Waals surface area contributed by atoms with Crippen molar-refractivity contribution in [3.63, 3.8) is 0 Å². The van der Waals surface area contributed by atoms with Crippen molar-refractivity contribution in [1.82, 2.24) is 9.88 Å². The van der Waals surface area contributed by atoms with Crippen LogP contribution in [-0.4, -0.2) is 61.3 Å². The van der Waals surface area contributed by atoms with Crippen molar-refractivity contribution < 1.29 is 14.3 Å². The molecule has 1 saturated carbocycles. The highest BCUT2D eigenvalue weighted by atomic mass is 16.5. The molecular weight excluding hydrogens is 306 g/mol. The minimum absolute atomic E-state index is 0.171. The van der Waals surface area contributed by atoms with Gasteiger partial charge in [-0.3, -0.25) is 9.69 Å². The van der Waals surface area contributed by atoms with E-state index in [9.17, 15) is 4.79 Å². The molecule has 6 nitrogen and oxygen atoms in total. The Labute approximate surface area is 143 Å². The van der Waals surface area contributed by atoms with Gasteiger partial charge in [-0.1, -0.05) is 6.07 Å². The molecule has 1 aromatic rings. The third kappa shape index (κ3) is 3.39. The SMILES string of the molecule is COC(=O)C(N1CCC(CNc2ccccn2)C1)C1(OC)CCC1. The topological polar surface area (TPSA) is 63.7 Å². The summed E-state index contributed by atoms with van der Waals surface area (Å²) >= 11 is 0. The van der Waals surface area contributed by atoms with Gasteiger partial charge in [0.2, 0.25) is 0 Å². The lowest BCUT2D eigenvalue weighted by Gasteiger charge is -2.48. The largest absolute Gasteiger partial charge is 0.468 e. The molecule has 2 unspecified atom stereocenters. The summed E-state index contributed by atoms with van der Waals surface area (Å²) in [7, 11) is 3.18. The third-order valence-electron chi connectivity index (χ3n) is 5.45. The first-order chi connectivity index (χ1) is 11.7. The second-order valence-electron chi connectivity index (χ2n) is 6.79. The molecule has 1 aromatic heterocycles. The molecule has 24 heavy (non-hydrogen) atoms. The van der Waals surface area contributed by atoms with E-state index in [2.05, 4.69) is 15.2 Å². The molecule has 0 radical (unpaired) electrons. The number of nitrogens with zero attached hydrogens (tertiary/aromatic N) is 2. The maximum Gasteiger partial charge on any atom is 0.326 e. The molecule has 1 saturated heterocycles. The van der Waals surface area contributed by atoms with Crippen LogP contribution in [0.25, 0.3) is 0 Å². The lowest BCUT2D eigenvalue weighted by atomic mass is 9.73. The molecule has 0 amide bonds. The van der Waals surface area contributed by atoms with Gasteiger partial charge in [-0.05, 0) is 50.3 Å². The lowest BCUT2D eigenvalue weighted by Crippen LogP contribution is -2.61. The Bertz CT molecular complexity index is 542. The van der Waals surface area contributed by atoms with Crippen LogP contribution in [0.3, 0.4) is 0 Å². The Kier molecular flexibility index (Phi) is 5.36. The minimum atomic E-state index is -0.365. The van der Waals surface area contributed by atoms with Gasteiger partial charge in [0.1, 0.15) is 11.9 Å². The van der Waals surface area contributed by atoms with Crippen LogP contribution in [0, 0.1) is 5.92 Å². The molecule has 2 fully saturated rings. The standard InChI is InChI=1S/C18H27N3O3/c1-23-17(22)16(18(24-2)8-5-9-18)21-11-7-14(13-21)12-20-15-6-3-4-10-19-15/h3-4,6,10,14,16H,5,7-9,11-13H2,1-2H3,(H,19,20). The molecule has 2 aliphatic rings. The van der Waals surface area contributed by atoms with E-state index in [4.69, 9.17) is 9.47 Å². The predicted molar refractivity (Wildman–Crippen MR) is 91.8 cm³/mol. The molecule has 2 atom stereocenters. The number of aromatic nitrogens is 1. The Hall–Kier alpha value is -1.66. The van der Waals surface area contributed by atoms with E-state index in [1.165, 1.54) is 7.11 Å². The van der Waals surface area contributed by atoms with E-state index in [1.54, 1.807) is 13.3 Å². The predicted octanol–water partition coefficient (Wildman–Crippen LogP) is 1.93. The fourth-order valence-electron chi connectivity index (χ4n) is 3.90. The summed E-state index contributed by atoms with van der Waals surface area (Å²) in [6.45, 7) is 2.64. The van der Waals surface area contributed by atoms with Crippen molar-refractivity contribution in [2.45, 2.75) is 37.3 Å². The molecule has 0 spiro atoms. The summed E-state index contributed by atoms with van der Waals surface area (Å²) < 4.78 is 10.9. The van der Waals surface area contributed by atoms with Crippen LogP contribution in [0.2, 0.25) is 0 Å². The van der Waals surface area contributed by atoms with Gasteiger partial charge in [0.25, 0.3) is 0 Å². The van der Waals surface area contributed by atoms with E-state index in [1.807, 2.05) is 18.2 Å². The highest BCUT2D eigenvalue weighted by molar-refractivity contribution is 5.77. The summed E-state index contributed by atoms with van der Waals surface area (Å²) in [4.78, 5) is 19.0. The molecule has 1 aliphatic heterocycles. The van der Waals surface area contributed by atoms with E-state index in [0.717, 1.165) is 51.1 Å². The summed E-state index contributed by atoms with van der Waals surface area (Å²) in [5.41, 5.74) is -0.365. The van der Waals surface area contributed by atoms with Crippen LogP contribution in [0.15, 0.2) is 24.4 Å². The molecule has 132 valence electrons. The number of esters is 1. The number of likely N-dealkylation sites (tertiary alicyclic amines) is 1. The fourth-order valence-corrected chi connectivity index (χ4v) is 3.90. The van der Waals surface area contributed by atoms with E-state index in [0.29, 0.717) is 5.92 Å². The van der Waals surface area contributed by atoms with Crippen molar-refractivity contribution in [3.8, 4) is 0 Å². The van der Waals surface area contributed by atoms with E-state index >= 15 is 0 Å². The van der Waals surface area contributed by atoms with Gasteiger partial charge >= 0.3 is 5.97 Å². The molecule has 0 bridgehead atoms. The molecule has 2 heterocycles. The molecule has 1 N–H and O–H groups in total. The van der Waals surface area contributed by atoms with Gasteiger partial charge in [-0.15, -0.1) is 0 Å². The van der Waals surface area contributed by atoms with Crippen molar-refractivity contribution >= 4 is 11.8 Å². The van der Waals surface area contributed by atoms with Gasteiger partial charge in [0.05, 0.1) is 12.7 Å². The number of nitrogens with one attached hydrogen (secondary N) is 1. The van der Waals surface area contributed by atoms with Crippen molar-refractivity contribution in [1.29, 1.82) is 0 Å². The fraction of sp³-hybridized carbons (Fsp3) is 0.667. The first kappa shape index (κ1) is 17.2. The van der Waals surface area contributed by atoms with E-state index in [-0.39, 0.29) is 17.6 Å². The molecule has 0 aromatic carbocycles. The molecule has 6 heteroatoms. The van der Waals surface area contributed by atoms with Crippen LogP contribution in [0.5, 0.6) is 0 Å². The number of hydrogen-bond acceptors (Lipinski definition) is 6. The van der Waals surface area contributed by atoms with Gasteiger partial charge in [-0.25, -0.2) is 4.98 Å². The second kappa shape index (κ2) is 7.49. The summed E-state index contributed by atoms with van der Waals surface area (Å²) in [6.07, 6.45) is 5.82. The van der Waals surface area contributed by atoms with Crippen LogP contribution in [0.4, 0.5) is 5.82 Å². The number of methoxy groups -OCH3 is 2. The number of pyridine rings is 1. The van der Waals surface area contributed by atoms with Gasteiger partial charge < -0.3 is 14.8 Å². The van der Waals surface area contributed by atoms with Crippen LogP contribution in [0.1, 0.15) is 25.7 Å². The van der Waals surface area contributed by atoms with Gasteiger partial charge in [0, 0.05) is 26.4 Å². The monoisotopic (exact) mass is 333 g/mol. The van der Waals surface area contributed by atoms with Crippen LogP contribution >= 0.6 is 0 Å². The van der Waals surface area contributed by atoms with Crippen molar-refractivity contribution in [2.75, 3.05) is 39.2 Å². The Balaban J connectivity index is 1.60. The first-order valence-electron chi connectivity index (χ1n) is 8.70. The maximum absolute atomic E-state index is 12.4. The first-order valence-corrected chi connectivity index (χ1v) is 8.70. The van der Waals surface area contributed by atoms with Crippen molar-refractivity contribution in [3.05, 3.63) is 24.4 Å². The molecular formula is C18H27N3O3. The summed E-state index contributed by atoms with van der Waals surface area (Å²) in [5.74, 6) is 1.22. The zero-order chi connectivity index (χ0) is 17.0. The molecule has 3 rings (SSSR count). The Morgan fingerprint density at radius 3 is 2.88 bits per heavy atom. The Morgan fingerprint density at radius 1 is 1.46 bits per heavy atom. The lowest BCUT2D eigenvalue weighted by molar-refractivity contribution is -0.173. The maximum atomic E-state index is 12.4. The number of rotatable bonds is 7. The highest BCUT2D eigenvalue weighted by Gasteiger charge is 2.52. The van der Waals surface area contributed by atoms with Crippen molar-refractivity contribution in [2.24, 2.45) is 5.92 Å².